The second-order valence-electron chi connectivity index (χ2n) is 4.58. The fourth-order valence-corrected chi connectivity index (χ4v) is 2.83. The zero-order valence-electron chi connectivity index (χ0n) is 7.83. The molecule has 1 saturated carbocycles. The van der Waals surface area contributed by atoms with Crippen molar-refractivity contribution in [1.82, 2.24) is 5.32 Å². The van der Waals surface area contributed by atoms with Gasteiger partial charge in [0.1, 0.15) is 6.29 Å². The first-order valence-corrected chi connectivity index (χ1v) is 5.09. The summed E-state index contributed by atoms with van der Waals surface area (Å²) >= 11 is 0. The fraction of sp³-hybridized carbons (Fsp3) is 0.900. The molecule has 3 atom stereocenters. The summed E-state index contributed by atoms with van der Waals surface area (Å²) in [7, 11) is 0. The van der Waals surface area contributed by atoms with Crippen LogP contribution in [0.5, 0.6) is 0 Å². The molecule has 13 heavy (non-hydrogen) atoms. The lowest BCUT2D eigenvalue weighted by atomic mass is 9.83. The highest BCUT2D eigenvalue weighted by Gasteiger charge is 2.43. The Bertz CT molecular complexity index is 207. The first-order chi connectivity index (χ1) is 6.24. The van der Waals surface area contributed by atoms with Crippen molar-refractivity contribution in [2.24, 2.45) is 5.41 Å². The largest absolute Gasteiger partial charge is 0.393 e. The Morgan fingerprint density at radius 2 is 2.38 bits per heavy atom. The molecule has 0 bridgehead atoms. The molecule has 1 aliphatic carbocycles. The molecule has 0 aromatic carbocycles. The third-order valence-corrected chi connectivity index (χ3v) is 3.50. The molecule has 2 N–H and O–H groups in total. The normalized spacial score (nSPS) is 44.4. The lowest BCUT2D eigenvalue weighted by molar-refractivity contribution is -0.108. The molecule has 3 nitrogen and oxygen atoms in total. The molecule has 0 radical (unpaired) electrons. The number of nitrogens with one attached hydrogen (secondary N) is 1. The summed E-state index contributed by atoms with van der Waals surface area (Å²) in [5.74, 6) is 0. The molecule has 1 heterocycles. The van der Waals surface area contributed by atoms with Gasteiger partial charge in [0.05, 0.1) is 6.10 Å². The molecule has 0 aromatic heterocycles. The number of rotatable bonds is 2. The van der Waals surface area contributed by atoms with E-state index in [4.69, 9.17) is 0 Å². The third-order valence-electron chi connectivity index (χ3n) is 3.50. The van der Waals surface area contributed by atoms with Gasteiger partial charge >= 0.3 is 0 Å². The standard InChI is InChI=1S/C10H17NO2/c12-4-2-8-5-10(7-11-8)3-1-9(13)6-10/h4,8-9,11,13H,1-3,5-7H2/t8-,9?,10?/m1/s1. The van der Waals surface area contributed by atoms with Crippen LogP contribution in [0.1, 0.15) is 32.1 Å². The topological polar surface area (TPSA) is 49.3 Å². The number of carbonyl (C=O) groups excluding carboxylic acids is 1. The smallest absolute Gasteiger partial charge is 0.121 e. The molecule has 2 fully saturated rings. The SMILES string of the molecule is O=CC[C@@H]1CC2(CCC(O)C2)CN1. The van der Waals surface area contributed by atoms with Gasteiger partial charge in [-0.05, 0) is 31.1 Å². The van der Waals surface area contributed by atoms with E-state index in [1.807, 2.05) is 0 Å². The Labute approximate surface area is 78.5 Å². The quantitative estimate of drug-likeness (QED) is 0.612. The maximum atomic E-state index is 10.3. The van der Waals surface area contributed by atoms with Gasteiger partial charge in [0.15, 0.2) is 0 Å². The zero-order valence-corrected chi connectivity index (χ0v) is 7.83. The monoisotopic (exact) mass is 183 g/mol. The average Bonchev–Trinajstić information content (AvgIpc) is 2.62. The second kappa shape index (κ2) is 3.39. The highest BCUT2D eigenvalue weighted by Crippen LogP contribution is 2.44. The van der Waals surface area contributed by atoms with E-state index < -0.39 is 0 Å². The van der Waals surface area contributed by atoms with Gasteiger partial charge in [0.2, 0.25) is 0 Å². The van der Waals surface area contributed by atoms with Crippen molar-refractivity contribution in [3.8, 4) is 0 Å². The van der Waals surface area contributed by atoms with Gasteiger partial charge in [0, 0.05) is 19.0 Å². The molecule has 1 aliphatic heterocycles. The van der Waals surface area contributed by atoms with Gasteiger partial charge in [-0.2, -0.15) is 0 Å². The first kappa shape index (κ1) is 9.16. The number of hydrogen-bond acceptors (Lipinski definition) is 3. The maximum absolute atomic E-state index is 10.3. The van der Waals surface area contributed by atoms with E-state index in [1.165, 1.54) is 0 Å². The van der Waals surface area contributed by atoms with E-state index in [9.17, 15) is 9.90 Å². The van der Waals surface area contributed by atoms with Crippen LogP contribution in [0.3, 0.4) is 0 Å². The molecule has 1 saturated heterocycles. The van der Waals surface area contributed by atoms with E-state index in [1.54, 1.807) is 0 Å². The van der Waals surface area contributed by atoms with Gasteiger partial charge in [-0.3, -0.25) is 0 Å². The van der Waals surface area contributed by atoms with Crippen LogP contribution >= 0.6 is 0 Å². The summed E-state index contributed by atoms with van der Waals surface area (Å²) in [5.41, 5.74) is 0.313. The average molecular weight is 183 g/mol. The predicted molar refractivity (Wildman–Crippen MR) is 49.4 cm³/mol. The Balaban J connectivity index is 1.93. The Morgan fingerprint density at radius 3 is 3.00 bits per heavy atom. The highest BCUT2D eigenvalue weighted by atomic mass is 16.3. The Hall–Kier alpha value is -0.410. The van der Waals surface area contributed by atoms with Crippen LogP contribution in [0.15, 0.2) is 0 Å². The molecule has 0 aromatic rings. The number of carbonyl (C=O) groups is 1. The maximum Gasteiger partial charge on any atom is 0.121 e. The van der Waals surface area contributed by atoms with Crippen molar-refractivity contribution < 1.29 is 9.90 Å². The van der Waals surface area contributed by atoms with Crippen LogP contribution in [-0.4, -0.2) is 30.1 Å². The minimum atomic E-state index is -0.100. The number of aliphatic hydroxyl groups excluding tert-OH is 1. The van der Waals surface area contributed by atoms with Crippen LogP contribution in [0.25, 0.3) is 0 Å². The minimum absolute atomic E-state index is 0.100. The molecule has 1 spiro atoms. The molecule has 0 amide bonds. The number of aliphatic hydroxyl groups is 1. The lowest BCUT2D eigenvalue weighted by Crippen LogP contribution is -2.23. The third kappa shape index (κ3) is 1.76. The van der Waals surface area contributed by atoms with E-state index >= 15 is 0 Å². The van der Waals surface area contributed by atoms with Gasteiger partial charge in [-0.15, -0.1) is 0 Å². The molecule has 2 rings (SSSR count). The lowest BCUT2D eigenvalue weighted by Gasteiger charge is -2.21. The van der Waals surface area contributed by atoms with E-state index in [0.29, 0.717) is 17.9 Å². The van der Waals surface area contributed by atoms with Crippen molar-refractivity contribution in [1.29, 1.82) is 0 Å². The molecule has 74 valence electrons. The van der Waals surface area contributed by atoms with Gasteiger partial charge in [0.25, 0.3) is 0 Å². The van der Waals surface area contributed by atoms with Crippen molar-refractivity contribution >= 4 is 6.29 Å². The van der Waals surface area contributed by atoms with E-state index in [2.05, 4.69) is 5.32 Å². The molecular formula is C10H17NO2. The van der Waals surface area contributed by atoms with E-state index in [0.717, 1.165) is 38.5 Å². The van der Waals surface area contributed by atoms with Gasteiger partial charge in [-0.1, -0.05) is 0 Å². The number of aldehydes is 1. The highest BCUT2D eigenvalue weighted by molar-refractivity contribution is 5.50. The number of hydrogen-bond donors (Lipinski definition) is 2. The summed E-state index contributed by atoms with van der Waals surface area (Å²) in [6, 6.07) is 0.364. The van der Waals surface area contributed by atoms with Crippen molar-refractivity contribution in [3.05, 3.63) is 0 Å². The van der Waals surface area contributed by atoms with Crippen molar-refractivity contribution in [3.63, 3.8) is 0 Å². The molecule has 3 heteroatoms. The van der Waals surface area contributed by atoms with Gasteiger partial charge in [-0.25, -0.2) is 0 Å². The van der Waals surface area contributed by atoms with Crippen LogP contribution in [-0.2, 0) is 4.79 Å². The summed E-state index contributed by atoms with van der Waals surface area (Å²) in [6.07, 6.45) is 5.57. The van der Waals surface area contributed by atoms with Crippen molar-refractivity contribution in [2.75, 3.05) is 6.54 Å². The van der Waals surface area contributed by atoms with Crippen LogP contribution in [0, 0.1) is 5.41 Å². The summed E-state index contributed by atoms with van der Waals surface area (Å²) in [5, 5.41) is 12.8. The van der Waals surface area contributed by atoms with Gasteiger partial charge < -0.3 is 15.2 Å². The van der Waals surface area contributed by atoms with Crippen LogP contribution in [0.4, 0.5) is 0 Å². The molecule has 2 aliphatic rings. The Morgan fingerprint density at radius 1 is 1.54 bits per heavy atom. The zero-order chi connectivity index (χ0) is 9.31. The molecular weight excluding hydrogens is 166 g/mol. The summed E-state index contributed by atoms with van der Waals surface area (Å²) in [6.45, 7) is 0.989. The minimum Gasteiger partial charge on any atom is -0.393 e. The predicted octanol–water partition coefficient (Wildman–Crippen LogP) is 0.469. The molecule has 2 unspecified atom stereocenters. The Kier molecular flexibility index (Phi) is 2.39. The first-order valence-electron chi connectivity index (χ1n) is 5.09. The van der Waals surface area contributed by atoms with Crippen molar-refractivity contribution in [2.45, 2.75) is 44.2 Å². The van der Waals surface area contributed by atoms with E-state index in [-0.39, 0.29) is 6.10 Å². The second-order valence-corrected chi connectivity index (χ2v) is 4.58. The summed E-state index contributed by atoms with van der Waals surface area (Å²) < 4.78 is 0. The van der Waals surface area contributed by atoms with Crippen LogP contribution in [0.2, 0.25) is 0 Å². The summed E-state index contributed by atoms with van der Waals surface area (Å²) in [4.78, 5) is 10.3. The fourth-order valence-electron chi connectivity index (χ4n) is 2.83. The van der Waals surface area contributed by atoms with Crippen LogP contribution < -0.4 is 5.32 Å².